The summed E-state index contributed by atoms with van der Waals surface area (Å²) in [4.78, 5) is 28.6. The molecule has 2 aromatic rings. The second-order valence-electron chi connectivity index (χ2n) is 8.97. The van der Waals surface area contributed by atoms with Gasteiger partial charge < -0.3 is 23.8 Å². The lowest BCUT2D eigenvalue weighted by atomic mass is 10.1. The highest BCUT2D eigenvalue weighted by molar-refractivity contribution is 5.92. The topological polar surface area (TPSA) is 85.1 Å². The van der Waals surface area contributed by atoms with Crippen LogP contribution in [0.1, 0.15) is 49.3 Å². The minimum absolute atomic E-state index is 0.0630. The van der Waals surface area contributed by atoms with Gasteiger partial charge >= 0.3 is 0 Å². The Hall–Kier alpha value is -3.29. The van der Waals surface area contributed by atoms with E-state index in [2.05, 4.69) is 19.0 Å². The molecule has 1 aliphatic heterocycles. The van der Waals surface area contributed by atoms with Gasteiger partial charge in [0.25, 0.3) is 0 Å². The number of carbonyl (C=O) groups is 2. The minimum Gasteiger partial charge on any atom is -0.493 e. The SMILES string of the molecule is COc1cc(C=CC(=O)N2CCN(C(=O)CCC(C)C)CC2)ccc1OCc1c(C)noc1C. The molecule has 184 valence electrons. The molecule has 0 spiro atoms. The Kier molecular flexibility index (Phi) is 8.73. The number of ether oxygens (including phenoxy) is 2. The molecule has 2 heterocycles. The molecule has 1 aromatic carbocycles. The summed E-state index contributed by atoms with van der Waals surface area (Å²) < 4.78 is 16.6. The molecule has 8 nitrogen and oxygen atoms in total. The first-order valence-electron chi connectivity index (χ1n) is 11.8. The number of hydrogen-bond donors (Lipinski definition) is 0. The van der Waals surface area contributed by atoms with E-state index in [1.54, 1.807) is 24.2 Å². The molecule has 1 aliphatic rings. The van der Waals surface area contributed by atoms with Gasteiger partial charge in [0, 0.05) is 38.7 Å². The third kappa shape index (κ3) is 6.62. The van der Waals surface area contributed by atoms with Crippen molar-refractivity contribution in [1.29, 1.82) is 0 Å². The summed E-state index contributed by atoms with van der Waals surface area (Å²) in [5.74, 6) is 2.54. The van der Waals surface area contributed by atoms with E-state index < -0.39 is 0 Å². The maximum absolute atomic E-state index is 12.6. The van der Waals surface area contributed by atoms with Crippen LogP contribution in [0.25, 0.3) is 6.08 Å². The number of aromatic nitrogens is 1. The molecule has 0 unspecified atom stereocenters. The Labute approximate surface area is 201 Å². The zero-order chi connectivity index (χ0) is 24.7. The van der Waals surface area contributed by atoms with Crippen LogP contribution >= 0.6 is 0 Å². The Bertz CT molecular complexity index is 1000. The van der Waals surface area contributed by atoms with Crippen molar-refractivity contribution in [3.8, 4) is 11.5 Å². The summed E-state index contributed by atoms with van der Waals surface area (Å²) in [6, 6.07) is 5.53. The smallest absolute Gasteiger partial charge is 0.246 e. The van der Waals surface area contributed by atoms with Crippen LogP contribution < -0.4 is 9.47 Å². The van der Waals surface area contributed by atoms with Gasteiger partial charge in [-0.2, -0.15) is 0 Å². The minimum atomic E-state index is -0.0630. The fourth-order valence-corrected chi connectivity index (χ4v) is 3.78. The van der Waals surface area contributed by atoms with Crippen LogP contribution in [-0.2, 0) is 16.2 Å². The van der Waals surface area contributed by atoms with Crippen molar-refractivity contribution in [2.45, 2.75) is 47.1 Å². The molecule has 0 bridgehead atoms. The van der Waals surface area contributed by atoms with Crippen LogP contribution in [0.5, 0.6) is 11.5 Å². The van der Waals surface area contributed by atoms with Crippen LogP contribution in [0.2, 0.25) is 0 Å². The highest BCUT2D eigenvalue weighted by atomic mass is 16.5. The van der Waals surface area contributed by atoms with Gasteiger partial charge in [-0.15, -0.1) is 0 Å². The van der Waals surface area contributed by atoms with E-state index in [-0.39, 0.29) is 11.8 Å². The molecule has 2 amide bonds. The van der Waals surface area contributed by atoms with E-state index in [0.29, 0.717) is 56.6 Å². The summed E-state index contributed by atoms with van der Waals surface area (Å²) in [5.41, 5.74) is 2.55. The molecule has 3 rings (SSSR count). The van der Waals surface area contributed by atoms with Crippen LogP contribution in [0, 0.1) is 19.8 Å². The quantitative estimate of drug-likeness (QED) is 0.516. The predicted octanol–water partition coefficient (Wildman–Crippen LogP) is 4.00. The third-order valence-corrected chi connectivity index (χ3v) is 6.04. The van der Waals surface area contributed by atoms with Gasteiger partial charge in [-0.3, -0.25) is 9.59 Å². The van der Waals surface area contributed by atoms with E-state index in [0.717, 1.165) is 29.0 Å². The molecule has 34 heavy (non-hydrogen) atoms. The number of rotatable bonds is 9. The molecule has 1 fully saturated rings. The van der Waals surface area contributed by atoms with Gasteiger partial charge in [-0.1, -0.05) is 25.1 Å². The number of aryl methyl sites for hydroxylation is 2. The van der Waals surface area contributed by atoms with E-state index >= 15 is 0 Å². The second-order valence-corrected chi connectivity index (χ2v) is 8.97. The van der Waals surface area contributed by atoms with Gasteiger partial charge in [-0.25, -0.2) is 0 Å². The molecule has 0 aliphatic carbocycles. The summed E-state index contributed by atoms with van der Waals surface area (Å²) >= 11 is 0. The average Bonchev–Trinajstić information content (AvgIpc) is 3.16. The van der Waals surface area contributed by atoms with E-state index in [1.807, 2.05) is 36.9 Å². The van der Waals surface area contributed by atoms with Crippen molar-refractivity contribution in [3.63, 3.8) is 0 Å². The summed E-state index contributed by atoms with van der Waals surface area (Å²) in [5, 5.41) is 3.94. The largest absolute Gasteiger partial charge is 0.493 e. The van der Waals surface area contributed by atoms with Crippen molar-refractivity contribution < 1.29 is 23.6 Å². The zero-order valence-electron chi connectivity index (χ0n) is 20.8. The van der Waals surface area contributed by atoms with Crippen molar-refractivity contribution in [3.05, 3.63) is 46.9 Å². The molecule has 0 atom stereocenters. The number of methoxy groups -OCH3 is 1. The average molecular weight is 470 g/mol. The number of nitrogens with zero attached hydrogens (tertiary/aromatic N) is 3. The van der Waals surface area contributed by atoms with Gasteiger partial charge in [-0.05, 0) is 50.0 Å². The molecular formula is C26H35N3O5. The summed E-state index contributed by atoms with van der Waals surface area (Å²) in [6.07, 6.45) is 4.80. The molecular weight excluding hydrogens is 434 g/mol. The first-order valence-corrected chi connectivity index (χ1v) is 11.8. The zero-order valence-corrected chi connectivity index (χ0v) is 20.8. The van der Waals surface area contributed by atoms with Crippen LogP contribution in [0.15, 0.2) is 28.8 Å². The number of hydrogen-bond acceptors (Lipinski definition) is 6. The molecule has 0 radical (unpaired) electrons. The van der Waals surface area contributed by atoms with Crippen molar-refractivity contribution >= 4 is 17.9 Å². The monoisotopic (exact) mass is 469 g/mol. The number of piperazine rings is 1. The Morgan fingerprint density at radius 2 is 1.82 bits per heavy atom. The fraction of sp³-hybridized carbons (Fsp3) is 0.500. The van der Waals surface area contributed by atoms with Gasteiger partial charge in [0.1, 0.15) is 12.4 Å². The normalized spacial score (nSPS) is 14.2. The van der Waals surface area contributed by atoms with E-state index in [4.69, 9.17) is 14.0 Å². The number of carbonyl (C=O) groups excluding carboxylic acids is 2. The standard InChI is InChI=1S/C26H35N3O5/c1-18(2)6-10-25(30)28-12-14-29(15-13-28)26(31)11-8-21-7-9-23(24(16-21)32-5)33-17-22-19(3)27-34-20(22)4/h7-9,11,16,18H,6,10,12-15,17H2,1-5H3. The lowest BCUT2D eigenvalue weighted by Crippen LogP contribution is -2.50. The van der Waals surface area contributed by atoms with Gasteiger partial charge in [0.05, 0.1) is 18.4 Å². The molecule has 1 saturated heterocycles. The van der Waals surface area contributed by atoms with Crippen molar-refractivity contribution in [2.24, 2.45) is 5.92 Å². The van der Waals surface area contributed by atoms with Gasteiger partial charge in [0.15, 0.2) is 11.5 Å². The maximum atomic E-state index is 12.6. The molecule has 0 saturated carbocycles. The number of amides is 2. The highest BCUT2D eigenvalue weighted by Gasteiger charge is 2.23. The Morgan fingerprint density at radius 3 is 2.44 bits per heavy atom. The fourth-order valence-electron chi connectivity index (χ4n) is 3.78. The van der Waals surface area contributed by atoms with Crippen LogP contribution in [0.3, 0.4) is 0 Å². The lowest BCUT2D eigenvalue weighted by molar-refractivity contribution is -0.137. The molecule has 1 aromatic heterocycles. The summed E-state index contributed by atoms with van der Waals surface area (Å²) in [6.45, 7) is 10.6. The maximum Gasteiger partial charge on any atom is 0.246 e. The van der Waals surface area contributed by atoms with Crippen LogP contribution in [0.4, 0.5) is 0 Å². The number of benzene rings is 1. The van der Waals surface area contributed by atoms with Crippen molar-refractivity contribution in [2.75, 3.05) is 33.3 Å². The van der Waals surface area contributed by atoms with E-state index in [9.17, 15) is 9.59 Å². The summed E-state index contributed by atoms with van der Waals surface area (Å²) in [7, 11) is 1.58. The van der Waals surface area contributed by atoms with E-state index in [1.165, 1.54) is 0 Å². The Morgan fingerprint density at radius 1 is 1.12 bits per heavy atom. The Balaban J connectivity index is 1.54. The lowest BCUT2D eigenvalue weighted by Gasteiger charge is -2.34. The third-order valence-electron chi connectivity index (χ3n) is 6.04. The first-order chi connectivity index (χ1) is 16.3. The second kappa shape index (κ2) is 11.7. The van der Waals surface area contributed by atoms with Crippen molar-refractivity contribution in [1.82, 2.24) is 15.0 Å². The molecule has 0 N–H and O–H groups in total. The first kappa shape index (κ1) is 25.3. The predicted molar refractivity (Wildman–Crippen MR) is 130 cm³/mol. The molecule has 8 heteroatoms. The van der Waals surface area contributed by atoms with Crippen LogP contribution in [-0.4, -0.2) is 60.1 Å². The highest BCUT2D eigenvalue weighted by Crippen LogP contribution is 2.30. The van der Waals surface area contributed by atoms with Gasteiger partial charge in [0.2, 0.25) is 11.8 Å².